The van der Waals surface area contributed by atoms with Crippen LogP contribution in [0.2, 0.25) is 0 Å². The van der Waals surface area contributed by atoms with Crippen LogP contribution in [-0.4, -0.2) is 9.97 Å². The van der Waals surface area contributed by atoms with E-state index in [-0.39, 0.29) is 0 Å². The lowest BCUT2D eigenvalue weighted by Crippen LogP contribution is -2.06. The van der Waals surface area contributed by atoms with Gasteiger partial charge in [0.15, 0.2) is 0 Å². The van der Waals surface area contributed by atoms with Crippen LogP contribution in [0.4, 0.5) is 0 Å². The highest BCUT2D eigenvalue weighted by Gasteiger charge is 2.10. The molecule has 2 aromatic rings. The minimum absolute atomic E-state index is 0.504. The summed E-state index contributed by atoms with van der Waals surface area (Å²) in [5.74, 6) is 0. The largest absolute Gasteiger partial charge is 0.326 e. The SMILES string of the molecule is CCc1ccnc(-c2nccc(CC)c2CN)c1. The monoisotopic (exact) mass is 241 g/mol. The van der Waals surface area contributed by atoms with E-state index in [2.05, 4.69) is 29.9 Å². The molecule has 2 N–H and O–H groups in total. The maximum Gasteiger partial charge on any atom is 0.0933 e. The maximum atomic E-state index is 5.87. The minimum Gasteiger partial charge on any atom is -0.326 e. The van der Waals surface area contributed by atoms with Crippen LogP contribution in [0.3, 0.4) is 0 Å². The van der Waals surface area contributed by atoms with Gasteiger partial charge in [0.2, 0.25) is 0 Å². The van der Waals surface area contributed by atoms with Crippen LogP contribution in [0.5, 0.6) is 0 Å². The number of aromatic nitrogens is 2. The van der Waals surface area contributed by atoms with Crippen LogP contribution in [0, 0.1) is 0 Å². The number of rotatable bonds is 4. The summed E-state index contributed by atoms with van der Waals surface area (Å²) in [4.78, 5) is 8.88. The van der Waals surface area contributed by atoms with Crippen molar-refractivity contribution in [2.75, 3.05) is 0 Å². The van der Waals surface area contributed by atoms with Crippen molar-refractivity contribution in [1.29, 1.82) is 0 Å². The Balaban J connectivity index is 2.55. The zero-order chi connectivity index (χ0) is 13.0. The third-order valence-electron chi connectivity index (χ3n) is 3.21. The van der Waals surface area contributed by atoms with E-state index in [9.17, 15) is 0 Å². The zero-order valence-electron chi connectivity index (χ0n) is 11.0. The first kappa shape index (κ1) is 12.7. The third kappa shape index (κ3) is 2.41. The fourth-order valence-corrected chi connectivity index (χ4v) is 2.14. The van der Waals surface area contributed by atoms with Crippen LogP contribution >= 0.6 is 0 Å². The van der Waals surface area contributed by atoms with Gasteiger partial charge in [-0.15, -0.1) is 0 Å². The Morgan fingerprint density at radius 3 is 2.50 bits per heavy atom. The smallest absolute Gasteiger partial charge is 0.0933 e. The average molecular weight is 241 g/mol. The summed E-state index contributed by atoms with van der Waals surface area (Å²) >= 11 is 0. The first-order chi connectivity index (χ1) is 8.80. The molecule has 2 aromatic heterocycles. The summed E-state index contributed by atoms with van der Waals surface area (Å²) in [5, 5.41) is 0. The van der Waals surface area contributed by atoms with E-state index in [4.69, 9.17) is 5.73 Å². The topological polar surface area (TPSA) is 51.8 Å². The van der Waals surface area contributed by atoms with E-state index in [0.717, 1.165) is 29.8 Å². The van der Waals surface area contributed by atoms with E-state index >= 15 is 0 Å². The molecular formula is C15H19N3. The predicted molar refractivity (Wildman–Crippen MR) is 74.1 cm³/mol. The highest BCUT2D eigenvalue weighted by Crippen LogP contribution is 2.23. The van der Waals surface area contributed by atoms with Crippen molar-refractivity contribution in [3.05, 3.63) is 47.3 Å². The van der Waals surface area contributed by atoms with Gasteiger partial charge in [0, 0.05) is 18.9 Å². The Bertz CT molecular complexity index is 535. The van der Waals surface area contributed by atoms with E-state index in [1.807, 2.05) is 24.5 Å². The van der Waals surface area contributed by atoms with Gasteiger partial charge in [-0.3, -0.25) is 9.97 Å². The molecule has 0 aliphatic carbocycles. The van der Waals surface area contributed by atoms with Crippen molar-refractivity contribution in [3.8, 4) is 11.4 Å². The Labute approximate surface area is 108 Å². The van der Waals surface area contributed by atoms with Crippen LogP contribution in [0.1, 0.15) is 30.5 Å². The van der Waals surface area contributed by atoms with Gasteiger partial charge >= 0.3 is 0 Å². The average Bonchev–Trinajstić information content (AvgIpc) is 2.46. The summed E-state index contributed by atoms with van der Waals surface area (Å²) < 4.78 is 0. The molecule has 3 heteroatoms. The molecule has 0 atom stereocenters. The molecule has 2 rings (SSSR count). The molecule has 0 radical (unpaired) electrons. The Hall–Kier alpha value is -1.74. The van der Waals surface area contributed by atoms with Crippen molar-refractivity contribution >= 4 is 0 Å². The third-order valence-corrected chi connectivity index (χ3v) is 3.21. The van der Waals surface area contributed by atoms with Crippen molar-refractivity contribution in [3.63, 3.8) is 0 Å². The van der Waals surface area contributed by atoms with Gasteiger partial charge in [-0.2, -0.15) is 0 Å². The summed E-state index contributed by atoms with van der Waals surface area (Å²) in [5.41, 5.74) is 11.3. The molecule has 0 saturated heterocycles. The summed E-state index contributed by atoms with van der Waals surface area (Å²) in [7, 11) is 0. The first-order valence-corrected chi connectivity index (χ1v) is 6.42. The van der Waals surface area contributed by atoms with Crippen LogP contribution in [0.25, 0.3) is 11.4 Å². The lowest BCUT2D eigenvalue weighted by Gasteiger charge is -2.11. The molecule has 0 aromatic carbocycles. The van der Waals surface area contributed by atoms with Gasteiger partial charge in [-0.25, -0.2) is 0 Å². The van der Waals surface area contributed by atoms with Gasteiger partial charge in [0.05, 0.1) is 11.4 Å². The molecule has 0 unspecified atom stereocenters. The second-order valence-corrected chi connectivity index (χ2v) is 4.26. The fraction of sp³-hybridized carbons (Fsp3) is 0.333. The van der Waals surface area contributed by atoms with Gasteiger partial charge in [-0.05, 0) is 47.7 Å². The van der Waals surface area contributed by atoms with E-state index in [0.29, 0.717) is 6.54 Å². The fourth-order valence-electron chi connectivity index (χ4n) is 2.14. The first-order valence-electron chi connectivity index (χ1n) is 6.42. The highest BCUT2D eigenvalue weighted by molar-refractivity contribution is 5.61. The summed E-state index contributed by atoms with van der Waals surface area (Å²) in [6.45, 7) is 4.78. The molecule has 0 aliphatic heterocycles. The number of hydrogen-bond acceptors (Lipinski definition) is 3. The number of pyridine rings is 2. The second kappa shape index (κ2) is 5.74. The molecule has 0 fully saturated rings. The van der Waals surface area contributed by atoms with E-state index in [1.165, 1.54) is 11.1 Å². The number of nitrogens with two attached hydrogens (primary N) is 1. The lowest BCUT2D eigenvalue weighted by molar-refractivity contribution is 0.981. The predicted octanol–water partition coefficient (Wildman–Crippen LogP) is 2.73. The molecule has 0 spiro atoms. The summed E-state index contributed by atoms with van der Waals surface area (Å²) in [6.07, 6.45) is 5.65. The van der Waals surface area contributed by atoms with Gasteiger partial charge in [-0.1, -0.05) is 13.8 Å². The number of hydrogen-bond donors (Lipinski definition) is 1. The molecule has 18 heavy (non-hydrogen) atoms. The van der Waals surface area contributed by atoms with Gasteiger partial charge in [0.25, 0.3) is 0 Å². The van der Waals surface area contributed by atoms with Gasteiger partial charge < -0.3 is 5.73 Å². The Morgan fingerprint density at radius 1 is 1.06 bits per heavy atom. The molecule has 2 heterocycles. The summed E-state index contributed by atoms with van der Waals surface area (Å²) in [6, 6.07) is 6.17. The molecule has 3 nitrogen and oxygen atoms in total. The molecule has 0 aliphatic rings. The van der Waals surface area contributed by atoms with Crippen LogP contribution in [0.15, 0.2) is 30.6 Å². The lowest BCUT2D eigenvalue weighted by atomic mass is 10.0. The molecule has 0 saturated carbocycles. The standard InChI is InChI=1S/C15H19N3/c1-3-11-5-7-17-14(9-11)15-13(10-16)12(4-2)6-8-18-15/h5-9H,3-4,10,16H2,1-2H3. The number of aryl methyl sites for hydroxylation is 2. The van der Waals surface area contributed by atoms with Crippen molar-refractivity contribution in [2.24, 2.45) is 5.73 Å². The molecular weight excluding hydrogens is 222 g/mol. The Morgan fingerprint density at radius 2 is 1.83 bits per heavy atom. The van der Waals surface area contributed by atoms with E-state index < -0.39 is 0 Å². The van der Waals surface area contributed by atoms with E-state index in [1.54, 1.807) is 0 Å². The van der Waals surface area contributed by atoms with Crippen molar-refractivity contribution in [2.45, 2.75) is 33.2 Å². The number of nitrogens with zero attached hydrogens (tertiary/aromatic N) is 2. The van der Waals surface area contributed by atoms with Crippen LogP contribution in [-0.2, 0) is 19.4 Å². The van der Waals surface area contributed by atoms with Gasteiger partial charge in [0.1, 0.15) is 0 Å². The Kier molecular flexibility index (Phi) is 4.05. The molecule has 0 bridgehead atoms. The highest BCUT2D eigenvalue weighted by atomic mass is 14.8. The van der Waals surface area contributed by atoms with Crippen LogP contribution < -0.4 is 5.73 Å². The van der Waals surface area contributed by atoms with Crippen molar-refractivity contribution in [1.82, 2.24) is 9.97 Å². The van der Waals surface area contributed by atoms with Crippen molar-refractivity contribution < 1.29 is 0 Å². The minimum atomic E-state index is 0.504. The zero-order valence-corrected chi connectivity index (χ0v) is 11.0. The second-order valence-electron chi connectivity index (χ2n) is 4.26. The molecule has 94 valence electrons. The quantitative estimate of drug-likeness (QED) is 0.895. The molecule has 0 amide bonds. The maximum absolute atomic E-state index is 5.87. The normalized spacial score (nSPS) is 10.6.